The summed E-state index contributed by atoms with van der Waals surface area (Å²) in [4.78, 5) is 42.7. The molecule has 41 heavy (non-hydrogen) atoms. The van der Waals surface area contributed by atoms with Crippen LogP contribution in [0.15, 0.2) is 40.0 Å². The first-order chi connectivity index (χ1) is 19.5. The standard InChI is InChI=1S/C32H39FN4O3S/c1-18-13-26(41-4)24(28(38)35-18)14-34-29(39)27-20(3)37(25-8-6-5-7-23(25)27)19(2)21-9-11-22(12-10-21)36-30(40)31-15-32(33,16-31)17-31/h5-8,13,19,21-22H,9-12,14-17H2,1-4H3,(H,34,39)(H,35,38)(H,36,40)/t19-,21-,22+,31?,32?/m1/s1. The average molecular weight is 579 g/mol. The molecule has 0 aliphatic heterocycles. The number of halogens is 1. The third-order valence-electron chi connectivity index (χ3n) is 9.90. The van der Waals surface area contributed by atoms with Crippen molar-refractivity contribution in [3.8, 4) is 0 Å². The number of nitrogens with one attached hydrogen (secondary N) is 3. The van der Waals surface area contributed by atoms with Crippen molar-refractivity contribution in [1.82, 2.24) is 20.2 Å². The highest BCUT2D eigenvalue weighted by Gasteiger charge is 2.72. The van der Waals surface area contributed by atoms with Gasteiger partial charge in [-0.15, -0.1) is 11.8 Å². The molecule has 4 aliphatic rings. The quantitative estimate of drug-likeness (QED) is 0.298. The average Bonchev–Trinajstić information content (AvgIpc) is 3.21. The monoisotopic (exact) mass is 578 g/mol. The first-order valence-electron chi connectivity index (χ1n) is 14.7. The molecule has 4 aliphatic carbocycles. The second kappa shape index (κ2) is 10.3. The molecule has 7 nitrogen and oxygen atoms in total. The van der Waals surface area contributed by atoms with E-state index < -0.39 is 11.1 Å². The van der Waals surface area contributed by atoms with Gasteiger partial charge in [0.1, 0.15) is 5.67 Å². The normalized spacial score (nSPS) is 27.5. The molecule has 1 aromatic carbocycles. The second-order valence-electron chi connectivity index (χ2n) is 12.6. The minimum absolute atomic E-state index is 0.0497. The highest BCUT2D eigenvalue weighted by Crippen LogP contribution is 2.69. The van der Waals surface area contributed by atoms with Gasteiger partial charge in [0.25, 0.3) is 11.5 Å². The van der Waals surface area contributed by atoms with Crippen LogP contribution in [0.3, 0.4) is 0 Å². The van der Waals surface area contributed by atoms with E-state index in [1.807, 2.05) is 44.4 Å². The van der Waals surface area contributed by atoms with Gasteiger partial charge in [0, 0.05) is 51.4 Å². The summed E-state index contributed by atoms with van der Waals surface area (Å²) in [6, 6.07) is 10.3. The molecule has 2 bridgehead atoms. The summed E-state index contributed by atoms with van der Waals surface area (Å²) in [5.74, 6) is 0.272. The van der Waals surface area contributed by atoms with E-state index in [-0.39, 0.29) is 36.0 Å². The van der Waals surface area contributed by atoms with Gasteiger partial charge in [0.15, 0.2) is 0 Å². The predicted molar refractivity (Wildman–Crippen MR) is 160 cm³/mol. The van der Waals surface area contributed by atoms with Gasteiger partial charge in [-0.25, -0.2) is 4.39 Å². The Bertz CT molecular complexity index is 1570. The van der Waals surface area contributed by atoms with Gasteiger partial charge in [-0.2, -0.15) is 0 Å². The summed E-state index contributed by atoms with van der Waals surface area (Å²) in [6.45, 7) is 6.24. The predicted octanol–water partition coefficient (Wildman–Crippen LogP) is 5.73. The number of para-hydroxylation sites is 1. The second-order valence-corrected chi connectivity index (χ2v) is 13.5. The number of nitrogens with zero attached hydrogens (tertiary/aromatic N) is 1. The van der Waals surface area contributed by atoms with Crippen LogP contribution in [0.1, 0.15) is 85.2 Å². The number of thioether (sulfide) groups is 1. The van der Waals surface area contributed by atoms with Crippen LogP contribution in [-0.4, -0.2) is 39.3 Å². The first-order valence-corrected chi connectivity index (χ1v) is 15.9. The molecule has 4 fully saturated rings. The fourth-order valence-corrected chi connectivity index (χ4v) is 8.40. The lowest BCUT2D eigenvalue weighted by Crippen LogP contribution is -2.70. The molecule has 4 saturated carbocycles. The maximum atomic E-state index is 13.9. The molecule has 218 valence electrons. The Hall–Kier alpha value is -3.07. The zero-order valence-electron chi connectivity index (χ0n) is 24.2. The van der Waals surface area contributed by atoms with Crippen LogP contribution < -0.4 is 16.2 Å². The van der Waals surface area contributed by atoms with Crippen LogP contribution in [0.4, 0.5) is 4.39 Å². The molecule has 0 unspecified atom stereocenters. The van der Waals surface area contributed by atoms with Crippen molar-refractivity contribution < 1.29 is 14.0 Å². The smallest absolute Gasteiger partial charge is 0.254 e. The number of carbonyl (C=O) groups is 2. The molecule has 0 radical (unpaired) electrons. The van der Waals surface area contributed by atoms with E-state index in [9.17, 15) is 18.8 Å². The zero-order valence-corrected chi connectivity index (χ0v) is 25.1. The highest BCUT2D eigenvalue weighted by molar-refractivity contribution is 7.98. The zero-order chi connectivity index (χ0) is 29.1. The maximum Gasteiger partial charge on any atom is 0.254 e. The summed E-state index contributed by atoms with van der Waals surface area (Å²) in [5, 5.41) is 7.15. The third kappa shape index (κ3) is 4.80. The largest absolute Gasteiger partial charge is 0.353 e. The molecule has 0 saturated heterocycles. The first kappa shape index (κ1) is 28.1. The Morgan fingerprint density at radius 1 is 1.15 bits per heavy atom. The van der Waals surface area contributed by atoms with Crippen molar-refractivity contribution in [3.05, 3.63) is 63.2 Å². The minimum Gasteiger partial charge on any atom is -0.353 e. The summed E-state index contributed by atoms with van der Waals surface area (Å²) in [7, 11) is 0. The molecular weight excluding hydrogens is 539 g/mol. The van der Waals surface area contributed by atoms with Gasteiger partial charge in [0.05, 0.1) is 11.0 Å². The number of amides is 2. The van der Waals surface area contributed by atoms with E-state index in [1.165, 1.54) is 11.8 Å². The van der Waals surface area contributed by atoms with Gasteiger partial charge < -0.3 is 20.2 Å². The molecular formula is C32H39FN4O3S. The van der Waals surface area contributed by atoms with Crippen LogP contribution in [0.2, 0.25) is 0 Å². The van der Waals surface area contributed by atoms with Crippen LogP contribution in [0.25, 0.3) is 10.9 Å². The van der Waals surface area contributed by atoms with Gasteiger partial charge in [-0.05, 0) is 90.0 Å². The van der Waals surface area contributed by atoms with E-state index in [1.54, 1.807) is 0 Å². The number of aromatic amines is 1. The van der Waals surface area contributed by atoms with Gasteiger partial charge in [-0.1, -0.05) is 18.2 Å². The van der Waals surface area contributed by atoms with Crippen LogP contribution in [0.5, 0.6) is 0 Å². The molecule has 2 aromatic heterocycles. The van der Waals surface area contributed by atoms with Crippen molar-refractivity contribution in [3.63, 3.8) is 0 Å². The molecule has 2 amide bonds. The Balaban J connectivity index is 1.16. The van der Waals surface area contributed by atoms with Crippen molar-refractivity contribution in [2.75, 3.05) is 6.26 Å². The Morgan fingerprint density at radius 2 is 1.83 bits per heavy atom. The summed E-state index contributed by atoms with van der Waals surface area (Å²) >= 11 is 1.50. The number of aromatic nitrogens is 2. The van der Waals surface area contributed by atoms with Gasteiger partial charge in [0.2, 0.25) is 5.91 Å². The molecule has 3 aromatic rings. The molecule has 9 heteroatoms. The Kier molecular flexibility index (Phi) is 7.07. The number of benzene rings is 1. The molecule has 2 heterocycles. The number of pyridine rings is 1. The number of alkyl halides is 1. The number of rotatable bonds is 8. The number of fused-ring (bicyclic) bond motifs is 1. The fourth-order valence-electron chi connectivity index (χ4n) is 7.70. The molecule has 0 spiro atoms. The Morgan fingerprint density at radius 3 is 2.49 bits per heavy atom. The third-order valence-corrected chi connectivity index (χ3v) is 10.7. The van der Waals surface area contributed by atoms with E-state index in [2.05, 4.69) is 33.2 Å². The highest BCUT2D eigenvalue weighted by atomic mass is 32.2. The summed E-state index contributed by atoms with van der Waals surface area (Å²) in [6.07, 6.45) is 6.90. The van der Waals surface area contributed by atoms with Crippen molar-refractivity contribution in [1.29, 1.82) is 0 Å². The SMILES string of the molecule is CSc1cc(C)[nH]c(=O)c1CNC(=O)c1c(C)n([C@H](C)[C@H]2CC[C@@H](NC(=O)C34CC(F)(C3)C4)CC2)c2ccccc12. The summed E-state index contributed by atoms with van der Waals surface area (Å²) in [5.41, 5.74) is 2.28. The van der Waals surface area contributed by atoms with Crippen LogP contribution in [-0.2, 0) is 11.3 Å². The van der Waals surface area contributed by atoms with Crippen molar-refractivity contribution in [2.45, 2.75) is 94.9 Å². The van der Waals surface area contributed by atoms with E-state index in [4.69, 9.17) is 0 Å². The van der Waals surface area contributed by atoms with Gasteiger partial charge >= 0.3 is 0 Å². The lowest BCUT2D eigenvalue weighted by molar-refractivity contribution is -0.214. The number of hydrogen-bond donors (Lipinski definition) is 3. The summed E-state index contributed by atoms with van der Waals surface area (Å²) < 4.78 is 16.2. The topological polar surface area (TPSA) is 96.0 Å². The molecule has 1 atom stereocenters. The lowest BCUT2D eigenvalue weighted by atomic mass is 9.42. The van der Waals surface area contributed by atoms with E-state index in [0.29, 0.717) is 36.3 Å². The molecule has 7 rings (SSSR count). The van der Waals surface area contributed by atoms with Crippen LogP contribution in [0, 0.1) is 25.2 Å². The van der Waals surface area contributed by atoms with Crippen LogP contribution >= 0.6 is 11.8 Å². The number of hydrogen-bond acceptors (Lipinski definition) is 4. The van der Waals surface area contributed by atoms with E-state index >= 15 is 0 Å². The maximum absolute atomic E-state index is 13.9. The number of H-pyrrole nitrogens is 1. The number of aryl methyl sites for hydroxylation is 1. The van der Waals surface area contributed by atoms with Crippen molar-refractivity contribution >= 4 is 34.5 Å². The van der Waals surface area contributed by atoms with E-state index in [0.717, 1.165) is 52.9 Å². The minimum atomic E-state index is -1.06. The lowest BCUT2D eigenvalue weighted by Gasteiger charge is -2.64. The fraction of sp³-hybridized carbons (Fsp3) is 0.531. The molecule has 3 N–H and O–H groups in total. The van der Waals surface area contributed by atoms with Gasteiger partial charge in [-0.3, -0.25) is 14.4 Å². The van der Waals surface area contributed by atoms with Crippen molar-refractivity contribution in [2.24, 2.45) is 11.3 Å². The number of carbonyl (C=O) groups excluding carboxylic acids is 2. The Labute approximate surface area is 244 Å².